The van der Waals surface area contributed by atoms with Gasteiger partial charge in [-0.3, -0.25) is 9.59 Å². The number of aryl methyl sites for hydroxylation is 1. The van der Waals surface area contributed by atoms with Crippen molar-refractivity contribution in [3.63, 3.8) is 0 Å². The maximum Gasteiger partial charge on any atom is 0.270 e. The Morgan fingerprint density at radius 2 is 2.00 bits per heavy atom. The van der Waals surface area contributed by atoms with Crippen molar-refractivity contribution in [3.8, 4) is 0 Å². The molecule has 1 saturated heterocycles. The number of likely N-dealkylation sites (tertiary alicyclic amines) is 1. The minimum atomic E-state index is -0.438. The normalized spacial score (nSPS) is 15.8. The molecule has 3 heterocycles. The molecule has 2 amide bonds. The summed E-state index contributed by atoms with van der Waals surface area (Å²) in [5, 5.41) is 4.89. The van der Waals surface area contributed by atoms with Crippen LogP contribution in [0.4, 0.5) is 0 Å². The molecule has 0 aromatic carbocycles. The van der Waals surface area contributed by atoms with Crippen LogP contribution in [0.25, 0.3) is 10.2 Å². The lowest BCUT2D eigenvalue weighted by atomic mass is 9.95. The first-order chi connectivity index (χ1) is 12.5. The topological polar surface area (TPSA) is 72.8 Å². The Bertz CT molecular complexity index is 773. The van der Waals surface area contributed by atoms with Crippen LogP contribution in [0, 0.1) is 5.92 Å². The predicted octanol–water partition coefficient (Wildman–Crippen LogP) is 1.83. The Labute approximate surface area is 156 Å². The summed E-state index contributed by atoms with van der Waals surface area (Å²) in [6, 6.07) is 3.98. The summed E-state index contributed by atoms with van der Waals surface area (Å²) in [5.41, 5.74) is 1.79. The summed E-state index contributed by atoms with van der Waals surface area (Å²) in [4.78, 5) is 27.0. The van der Waals surface area contributed by atoms with Crippen LogP contribution in [0.5, 0.6) is 0 Å². The van der Waals surface area contributed by atoms with Gasteiger partial charge >= 0.3 is 0 Å². The minimum Gasteiger partial charge on any atom is -0.354 e. The van der Waals surface area contributed by atoms with E-state index in [4.69, 9.17) is 9.47 Å². The molecule has 0 radical (unpaired) electrons. The molecule has 0 saturated carbocycles. The number of thiophene rings is 1. The van der Waals surface area contributed by atoms with Gasteiger partial charge in [0.25, 0.3) is 5.91 Å². The van der Waals surface area contributed by atoms with Crippen molar-refractivity contribution >= 4 is 33.4 Å². The summed E-state index contributed by atoms with van der Waals surface area (Å²) in [7, 11) is 5.00. The average Bonchev–Trinajstić information content (AvgIpc) is 3.25. The number of nitrogens with one attached hydrogen (secondary N) is 1. The van der Waals surface area contributed by atoms with Gasteiger partial charge in [0.1, 0.15) is 5.69 Å². The fourth-order valence-electron chi connectivity index (χ4n) is 3.35. The Hall–Kier alpha value is -1.90. The van der Waals surface area contributed by atoms with E-state index in [1.807, 2.05) is 34.0 Å². The molecule has 2 aromatic rings. The Balaban J connectivity index is 1.54. The maximum absolute atomic E-state index is 12.8. The van der Waals surface area contributed by atoms with E-state index in [1.54, 1.807) is 11.3 Å². The van der Waals surface area contributed by atoms with E-state index in [0.717, 1.165) is 10.2 Å². The Kier molecular flexibility index (Phi) is 5.95. The van der Waals surface area contributed by atoms with Crippen molar-refractivity contribution in [1.82, 2.24) is 14.8 Å². The van der Waals surface area contributed by atoms with Crippen LogP contribution >= 0.6 is 11.3 Å². The second kappa shape index (κ2) is 8.20. The molecule has 0 spiro atoms. The van der Waals surface area contributed by atoms with Crippen LogP contribution in [-0.4, -0.2) is 61.4 Å². The number of aromatic nitrogens is 1. The van der Waals surface area contributed by atoms with Gasteiger partial charge in [0.05, 0.1) is 16.8 Å². The first kappa shape index (κ1) is 18.9. The molecule has 0 bridgehead atoms. The highest BCUT2D eigenvalue weighted by Gasteiger charge is 2.29. The molecule has 1 N–H and O–H groups in total. The van der Waals surface area contributed by atoms with Gasteiger partial charge in [-0.2, -0.15) is 0 Å². The van der Waals surface area contributed by atoms with Crippen LogP contribution in [0.1, 0.15) is 23.3 Å². The van der Waals surface area contributed by atoms with E-state index in [2.05, 4.69) is 5.32 Å². The molecule has 0 aliphatic carbocycles. The molecule has 142 valence electrons. The first-order valence-corrected chi connectivity index (χ1v) is 9.58. The number of hydrogen-bond donors (Lipinski definition) is 1. The molecule has 2 aromatic heterocycles. The van der Waals surface area contributed by atoms with E-state index < -0.39 is 6.29 Å². The van der Waals surface area contributed by atoms with Gasteiger partial charge in [-0.05, 0) is 30.4 Å². The van der Waals surface area contributed by atoms with Crippen molar-refractivity contribution in [2.24, 2.45) is 13.0 Å². The number of hydrogen-bond acceptors (Lipinski definition) is 5. The SMILES string of the molecule is COC(CNC(=O)C1CCN(C(=O)c2cc3sccc3n2C)CC1)OC. The van der Waals surface area contributed by atoms with Gasteiger partial charge in [0, 0.05) is 40.3 Å². The highest BCUT2D eigenvalue weighted by Crippen LogP contribution is 2.26. The Morgan fingerprint density at radius 1 is 1.31 bits per heavy atom. The minimum absolute atomic E-state index is 0.00409. The molecule has 1 fully saturated rings. The van der Waals surface area contributed by atoms with Crippen molar-refractivity contribution in [1.29, 1.82) is 0 Å². The van der Waals surface area contributed by atoms with Crippen LogP contribution in [0.3, 0.4) is 0 Å². The molecule has 0 unspecified atom stereocenters. The summed E-state index contributed by atoms with van der Waals surface area (Å²) >= 11 is 1.64. The molecular formula is C18H25N3O4S. The summed E-state index contributed by atoms with van der Waals surface area (Å²) in [5.74, 6) is -0.0468. The van der Waals surface area contributed by atoms with Gasteiger partial charge in [0.2, 0.25) is 5.91 Å². The summed E-state index contributed by atoms with van der Waals surface area (Å²) in [6.45, 7) is 1.51. The lowest BCUT2D eigenvalue weighted by Crippen LogP contribution is -2.44. The second-order valence-corrected chi connectivity index (χ2v) is 7.42. The van der Waals surface area contributed by atoms with E-state index in [1.165, 1.54) is 14.2 Å². The zero-order chi connectivity index (χ0) is 18.7. The largest absolute Gasteiger partial charge is 0.354 e. The number of amides is 2. The monoisotopic (exact) mass is 379 g/mol. The second-order valence-electron chi connectivity index (χ2n) is 6.47. The third-order valence-electron chi connectivity index (χ3n) is 5.00. The Morgan fingerprint density at radius 3 is 2.62 bits per heavy atom. The van der Waals surface area contributed by atoms with Crippen molar-refractivity contribution < 1.29 is 19.1 Å². The highest BCUT2D eigenvalue weighted by molar-refractivity contribution is 7.17. The number of methoxy groups -OCH3 is 2. The van der Waals surface area contributed by atoms with Gasteiger partial charge in [-0.15, -0.1) is 11.3 Å². The third-order valence-corrected chi connectivity index (χ3v) is 5.86. The van der Waals surface area contributed by atoms with Crippen molar-refractivity contribution in [3.05, 3.63) is 23.2 Å². The number of carbonyl (C=O) groups excluding carboxylic acids is 2. The molecular weight excluding hydrogens is 354 g/mol. The number of nitrogens with zero attached hydrogens (tertiary/aromatic N) is 2. The van der Waals surface area contributed by atoms with E-state index >= 15 is 0 Å². The first-order valence-electron chi connectivity index (χ1n) is 8.70. The van der Waals surface area contributed by atoms with Crippen LogP contribution in [-0.2, 0) is 21.3 Å². The number of rotatable bonds is 6. The summed E-state index contributed by atoms with van der Waals surface area (Å²) < 4.78 is 13.2. The maximum atomic E-state index is 12.8. The predicted molar refractivity (Wildman–Crippen MR) is 100 cm³/mol. The molecule has 1 aliphatic heterocycles. The third kappa shape index (κ3) is 3.77. The van der Waals surface area contributed by atoms with Gasteiger partial charge in [-0.25, -0.2) is 0 Å². The van der Waals surface area contributed by atoms with E-state index in [9.17, 15) is 9.59 Å². The zero-order valence-electron chi connectivity index (χ0n) is 15.4. The molecule has 3 rings (SSSR count). The number of carbonyl (C=O) groups is 2. The molecule has 7 nitrogen and oxygen atoms in total. The number of ether oxygens (including phenoxy) is 2. The molecule has 0 atom stereocenters. The van der Waals surface area contributed by atoms with Gasteiger partial charge < -0.3 is 24.3 Å². The van der Waals surface area contributed by atoms with Crippen LogP contribution < -0.4 is 5.32 Å². The molecule has 26 heavy (non-hydrogen) atoms. The average molecular weight is 379 g/mol. The smallest absolute Gasteiger partial charge is 0.270 e. The van der Waals surface area contributed by atoms with Crippen LogP contribution in [0.15, 0.2) is 17.5 Å². The lowest BCUT2D eigenvalue weighted by molar-refractivity contribution is -0.132. The summed E-state index contributed by atoms with van der Waals surface area (Å²) in [6.07, 6.45) is 0.897. The lowest BCUT2D eigenvalue weighted by Gasteiger charge is -2.31. The van der Waals surface area contributed by atoms with E-state index in [-0.39, 0.29) is 17.7 Å². The fourth-order valence-corrected chi connectivity index (χ4v) is 4.20. The van der Waals surface area contributed by atoms with Crippen molar-refractivity contribution in [2.45, 2.75) is 19.1 Å². The number of fused-ring (bicyclic) bond motifs is 1. The quantitative estimate of drug-likeness (QED) is 0.777. The zero-order valence-corrected chi connectivity index (χ0v) is 16.2. The standard InChI is InChI=1S/C18H25N3O4S/c1-20-13-6-9-26-15(13)10-14(20)18(23)21-7-4-12(5-8-21)17(22)19-11-16(24-2)25-3/h6,9-10,12,16H,4-5,7-8,11H2,1-3H3,(H,19,22). The molecule has 8 heteroatoms. The van der Waals surface area contributed by atoms with E-state index in [0.29, 0.717) is 38.2 Å². The van der Waals surface area contributed by atoms with Gasteiger partial charge in [0.15, 0.2) is 6.29 Å². The number of piperidine rings is 1. The van der Waals surface area contributed by atoms with Crippen LogP contribution in [0.2, 0.25) is 0 Å². The highest BCUT2D eigenvalue weighted by atomic mass is 32.1. The van der Waals surface area contributed by atoms with Crippen molar-refractivity contribution in [2.75, 3.05) is 33.9 Å². The molecule has 1 aliphatic rings. The fraction of sp³-hybridized carbons (Fsp3) is 0.556. The van der Waals surface area contributed by atoms with Gasteiger partial charge in [-0.1, -0.05) is 0 Å².